The predicted octanol–water partition coefficient (Wildman–Crippen LogP) is 2.97. The number of halogens is 1. The van der Waals surface area contributed by atoms with Crippen LogP contribution in [-0.4, -0.2) is 19.6 Å². The average Bonchev–Trinajstić information content (AvgIpc) is 2.96. The minimum absolute atomic E-state index is 0.204. The van der Waals surface area contributed by atoms with Crippen LogP contribution >= 0.6 is 22.9 Å². The molecular formula is C15H13ClN2O2S. The Labute approximate surface area is 131 Å². The summed E-state index contributed by atoms with van der Waals surface area (Å²) in [7, 11) is 1.52. The first-order valence-electron chi connectivity index (χ1n) is 6.07. The molecule has 108 valence electrons. The van der Waals surface area contributed by atoms with Gasteiger partial charge >= 0.3 is 0 Å². The second-order valence-corrected chi connectivity index (χ2v) is 5.46. The molecule has 0 aliphatic heterocycles. The number of ether oxygens (including phenoxy) is 1. The van der Waals surface area contributed by atoms with Crippen LogP contribution in [0, 0.1) is 11.8 Å². The molecule has 6 heteroatoms. The summed E-state index contributed by atoms with van der Waals surface area (Å²) in [4.78, 5) is 13.5. The third kappa shape index (κ3) is 3.99. The van der Waals surface area contributed by atoms with Gasteiger partial charge in [-0.2, -0.15) is 0 Å². The van der Waals surface area contributed by atoms with Crippen LogP contribution in [0.5, 0.6) is 5.75 Å². The lowest BCUT2D eigenvalue weighted by Crippen LogP contribution is -2.10. The Morgan fingerprint density at radius 3 is 2.95 bits per heavy atom. The van der Waals surface area contributed by atoms with Crippen molar-refractivity contribution in [3.8, 4) is 17.6 Å². The van der Waals surface area contributed by atoms with E-state index in [0.717, 1.165) is 4.88 Å². The van der Waals surface area contributed by atoms with Crippen molar-refractivity contribution in [2.45, 2.75) is 0 Å². The molecule has 0 radical (unpaired) electrons. The molecule has 0 aliphatic rings. The maximum Gasteiger partial charge on any atom is 0.265 e. The maximum absolute atomic E-state index is 12.1. The van der Waals surface area contributed by atoms with Crippen molar-refractivity contribution in [1.29, 1.82) is 0 Å². The normalized spacial score (nSPS) is 9.67. The van der Waals surface area contributed by atoms with E-state index in [1.165, 1.54) is 18.4 Å². The summed E-state index contributed by atoms with van der Waals surface area (Å²) in [5.41, 5.74) is 5.93. The lowest BCUT2D eigenvalue weighted by Gasteiger charge is -2.07. The van der Waals surface area contributed by atoms with Crippen LogP contribution in [0.15, 0.2) is 30.3 Å². The summed E-state index contributed by atoms with van der Waals surface area (Å²) in [5, 5.41) is 3.28. The van der Waals surface area contributed by atoms with Gasteiger partial charge in [-0.3, -0.25) is 4.79 Å². The van der Waals surface area contributed by atoms with Gasteiger partial charge in [-0.05, 0) is 24.3 Å². The van der Waals surface area contributed by atoms with Crippen molar-refractivity contribution in [3.63, 3.8) is 0 Å². The number of carbonyl (C=O) groups is 1. The van der Waals surface area contributed by atoms with E-state index in [1.54, 1.807) is 30.3 Å². The second-order valence-electron chi connectivity index (χ2n) is 3.97. The smallest absolute Gasteiger partial charge is 0.265 e. The third-order valence-electron chi connectivity index (χ3n) is 2.55. The van der Waals surface area contributed by atoms with Crippen LogP contribution in [0.2, 0.25) is 5.02 Å². The summed E-state index contributed by atoms with van der Waals surface area (Å²) in [5.74, 6) is 5.95. The Morgan fingerprint density at radius 2 is 2.24 bits per heavy atom. The highest BCUT2D eigenvalue weighted by Gasteiger charge is 2.10. The lowest BCUT2D eigenvalue weighted by molar-refractivity contribution is 0.103. The Bertz CT molecular complexity index is 716. The maximum atomic E-state index is 12.1. The number of hydrogen-bond acceptors (Lipinski definition) is 4. The highest BCUT2D eigenvalue weighted by molar-refractivity contribution is 7.14. The van der Waals surface area contributed by atoms with Crippen molar-refractivity contribution in [2.75, 3.05) is 19.0 Å². The number of benzene rings is 1. The molecular weight excluding hydrogens is 308 g/mol. The Balaban J connectivity index is 2.12. The third-order valence-corrected chi connectivity index (χ3v) is 3.86. The van der Waals surface area contributed by atoms with Gasteiger partial charge in [0.2, 0.25) is 0 Å². The molecule has 0 saturated carbocycles. The number of nitrogens with two attached hydrogens (primary N) is 1. The minimum Gasteiger partial charge on any atom is -0.495 e. The average molecular weight is 321 g/mol. The molecule has 1 heterocycles. The SMILES string of the molecule is COc1cc(NC(=O)c2ccc(C#CCN)s2)ccc1Cl. The Morgan fingerprint density at radius 1 is 1.43 bits per heavy atom. The Hall–Kier alpha value is -2.00. The second kappa shape index (κ2) is 7.14. The molecule has 2 aromatic rings. The van der Waals surface area contributed by atoms with Gasteiger partial charge in [-0.25, -0.2) is 0 Å². The summed E-state index contributed by atoms with van der Waals surface area (Å²) < 4.78 is 5.11. The van der Waals surface area contributed by atoms with Crippen LogP contribution in [0.25, 0.3) is 0 Å². The number of amides is 1. The van der Waals surface area contributed by atoms with Gasteiger partial charge in [0.1, 0.15) is 5.75 Å². The van der Waals surface area contributed by atoms with Gasteiger partial charge in [0, 0.05) is 11.8 Å². The number of methoxy groups -OCH3 is 1. The Kier molecular flexibility index (Phi) is 5.23. The summed E-state index contributed by atoms with van der Waals surface area (Å²) in [6, 6.07) is 8.58. The number of nitrogens with one attached hydrogen (secondary N) is 1. The molecule has 1 amide bonds. The van der Waals surface area contributed by atoms with Gasteiger partial charge in [0.15, 0.2) is 0 Å². The first-order valence-corrected chi connectivity index (χ1v) is 7.27. The first kappa shape index (κ1) is 15.4. The quantitative estimate of drug-likeness (QED) is 0.855. The summed E-state index contributed by atoms with van der Waals surface area (Å²) >= 11 is 7.26. The van der Waals surface area contributed by atoms with Gasteiger partial charge < -0.3 is 15.8 Å². The topological polar surface area (TPSA) is 64.3 Å². The number of rotatable bonds is 3. The van der Waals surface area contributed by atoms with Gasteiger partial charge in [0.05, 0.1) is 28.4 Å². The molecule has 1 aromatic heterocycles. The highest BCUT2D eigenvalue weighted by atomic mass is 35.5. The van der Waals surface area contributed by atoms with Crippen LogP contribution in [0.1, 0.15) is 14.5 Å². The molecule has 21 heavy (non-hydrogen) atoms. The fourth-order valence-electron chi connectivity index (χ4n) is 1.60. The van der Waals surface area contributed by atoms with E-state index in [4.69, 9.17) is 22.1 Å². The molecule has 3 N–H and O–H groups in total. The van der Waals surface area contributed by atoms with Crippen LogP contribution in [0.3, 0.4) is 0 Å². The van der Waals surface area contributed by atoms with Crippen molar-refractivity contribution < 1.29 is 9.53 Å². The molecule has 0 aliphatic carbocycles. The lowest BCUT2D eigenvalue weighted by atomic mass is 10.3. The molecule has 0 bridgehead atoms. The molecule has 0 spiro atoms. The number of thiophene rings is 1. The van der Waals surface area contributed by atoms with E-state index < -0.39 is 0 Å². The first-order chi connectivity index (χ1) is 10.1. The fraction of sp³-hybridized carbons (Fsp3) is 0.133. The number of anilines is 1. The minimum atomic E-state index is -0.204. The molecule has 0 atom stereocenters. The molecule has 0 fully saturated rings. The largest absolute Gasteiger partial charge is 0.495 e. The van der Waals surface area contributed by atoms with E-state index in [1.807, 2.05) is 0 Å². The van der Waals surface area contributed by atoms with Crippen LogP contribution in [-0.2, 0) is 0 Å². The zero-order valence-corrected chi connectivity index (χ0v) is 12.8. The van der Waals surface area contributed by atoms with Gasteiger partial charge in [-0.1, -0.05) is 23.4 Å². The molecule has 0 saturated heterocycles. The van der Waals surface area contributed by atoms with Crippen LogP contribution < -0.4 is 15.8 Å². The van der Waals surface area contributed by atoms with E-state index >= 15 is 0 Å². The molecule has 2 rings (SSSR count). The van der Waals surface area contributed by atoms with E-state index in [9.17, 15) is 4.79 Å². The van der Waals surface area contributed by atoms with E-state index in [0.29, 0.717) is 27.9 Å². The monoisotopic (exact) mass is 320 g/mol. The zero-order chi connectivity index (χ0) is 15.2. The summed E-state index contributed by atoms with van der Waals surface area (Å²) in [6.45, 7) is 0.296. The van der Waals surface area contributed by atoms with Crippen LogP contribution in [0.4, 0.5) is 5.69 Å². The molecule has 1 aromatic carbocycles. The molecule has 4 nitrogen and oxygen atoms in total. The number of carbonyl (C=O) groups excluding carboxylic acids is 1. The van der Waals surface area contributed by atoms with Crippen molar-refractivity contribution in [2.24, 2.45) is 5.73 Å². The molecule has 0 unspecified atom stereocenters. The zero-order valence-electron chi connectivity index (χ0n) is 11.3. The van der Waals surface area contributed by atoms with E-state index in [2.05, 4.69) is 17.2 Å². The fourth-order valence-corrected chi connectivity index (χ4v) is 2.57. The van der Waals surface area contributed by atoms with Crippen molar-refractivity contribution >= 4 is 34.5 Å². The standard InChI is InChI=1S/C15H13ClN2O2S/c1-20-13-9-10(4-6-12(13)16)18-15(19)14-7-5-11(21-14)3-2-8-17/h4-7,9H,8,17H2,1H3,(H,18,19). The van der Waals surface area contributed by atoms with Gasteiger partial charge in [0.25, 0.3) is 5.91 Å². The van der Waals surface area contributed by atoms with Gasteiger partial charge in [-0.15, -0.1) is 11.3 Å². The van der Waals surface area contributed by atoms with Crippen molar-refractivity contribution in [3.05, 3.63) is 45.1 Å². The summed E-state index contributed by atoms with van der Waals surface area (Å²) in [6.07, 6.45) is 0. The highest BCUT2D eigenvalue weighted by Crippen LogP contribution is 2.28. The predicted molar refractivity (Wildman–Crippen MR) is 86.2 cm³/mol. The van der Waals surface area contributed by atoms with E-state index in [-0.39, 0.29) is 5.91 Å². The van der Waals surface area contributed by atoms with Crippen molar-refractivity contribution in [1.82, 2.24) is 0 Å². The number of hydrogen-bond donors (Lipinski definition) is 2.